The van der Waals surface area contributed by atoms with Crippen molar-refractivity contribution in [3.63, 3.8) is 0 Å². The zero-order chi connectivity index (χ0) is 10.1. The molecule has 1 aliphatic heterocycles. The first kappa shape index (κ1) is 8.83. The molecule has 76 valence electrons. The summed E-state index contributed by atoms with van der Waals surface area (Å²) in [4.78, 5) is 4.30. The summed E-state index contributed by atoms with van der Waals surface area (Å²) in [5.74, 6) is 0. The number of ether oxygens (including phenoxy) is 2. The van der Waals surface area contributed by atoms with E-state index in [9.17, 15) is 0 Å². The Bertz CT molecular complexity index is 475. The zero-order valence-corrected chi connectivity index (χ0v) is 8.22. The van der Waals surface area contributed by atoms with Gasteiger partial charge in [0.25, 0.3) is 0 Å². The molecule has 1 aliphatic rings. The van der Waals surface area contributed by atoms with E-state index in [0.29, 0.717) is 6.61 Å². The van der Waals surface area contributed by atoms with Gasteiger partial charge in [-0.05, 0) is 17.7 Å². The first-order valence-corrected chi connectivity index (χ1v) is 4.99. The van der Waals surface area contributed by atoms with Gasteiger partial charge in [0.1, 0.15) is 6.61 Å². The zero-order valence-electron chi connectivity index (χ0n) is 8.22. The summed E-state index contributed by atoms with van der Waals surface area (Å²) >= 11 is 0. The summed E-state index contributed by atoms with van der Waals surface area (Å²) in [6.07, 6.45) is 1.81. The summed E-state index contributed by atoms with van der Waals surface area (Å²) in [6, 6.07) is 10.1. The number of benzene rings is 1. The molecule has 1 aromatic carbocycles. The van der Waals surface area contributed by atoms with E-state index in [1.807, 2.05) is 18.2 Å². The van der Waals surface area contributed by atoms with Gasteiger partial charge in [-0.1, -0.05) is 18.2 Å². The van der Waals surface area contributed by atoms with Crippen LogP contribution in [0.25, 0.3) is 10.9 Å². The van der Waals surface area contributed by atoms with Crippen LogP contribution in [0.15, 0.2) is 36.5 Å². The fraction of sp³-hybridized carbons (Fsp3) is 0.250. The van der Waals surface area contributed by atoms with Crippen molar-refractivity contribution in [1.29, 1.82) is 0 Å². The van der Waals surface area contributed by atoms with Crippen LogP contribution in [0.3, 0.4) is 0 Å². The molecule has 0 saturated carbocycles. The quantitative estimate of drug-likeness (QED) is 0.713. The fourth-order valence-electron chi connectivity index (χ4n) is 1.61. The second-order valence-corrected chi connectivity index (χ2v) is 3.56. The lowest BCUT2D eigenvalue weighted by Gasteiger charge is -2.05. The topological polar surface area (TPSA) is 34.6 Å². The first-order valence-electron chi connectivity index (χ1n) is 4.99. The van der Waals surface area contributed by atoms with Gasteiger partial charge in [0.2, 0.25) is 0 Å². The van der Waals surface area contributed by atoms with Gasteiger partial charge in [0.05, 0.1) is 12.1 Å². The van der Waals surface area contributed by atoms with Crippen molar-refractivity contribution >= 4 is 10.9 Å². The van der Waals surface area contributed by atoms with E-state index >= 15 is 0 Å². The average molecular weight is 201 g/mol. The molecule has 1 unspecified atom stereocenters. The van der Waals surface area contributed by atoms with Gasteiger partial charge >= 0.3 is 0 Å². The molecule has 0 N–H and O–H groups in total. The second-order valence-electron chi connectivity index (χ2n) is 3.56. The predicted octanol–water partition coefficient (Wildman–Crippen LogP) is 2.11. The third-order valence-electron chi connectivity index (χ3n) is 2.46. The summed E-state index contributed by atoms with van der Waals surface area (Å²) < 4.78 is 10.5. The van der Waals surface area contributed by atoms with Gasteiger partial charge in [-0.15, -0.1) is 0 Å². The number of aromatic nitrogens is 1. The molecule has 2 aromatic rings. The monoisotopic (exact) mass is 201 g/mol. The number of rotatable bonds is 3. The molecule has 0 spiro atoms. The minimum absolute atomic E-state index is 0.0110. The average Bonchev–Trinajstić information content (AvgIpc) is 3.10. The highest BCUT2D eigenvalue weighted by molar-refractivity contribution is 5.81. The molecule has 15 heavy (non-hydrogen) atoms. The Balaban J connectivity index is 1.93. The summed E-state index contributed by atoms with van der Waals surface area (Å²) in [6.45, 7) is 1.32. The molecule has 1 atom stereocenters. The smallest absolute Gasteiger partial charge is 0.181 e. The molecule has 3 nitrogen and oxygen atoms in total. The number of hydrogen-bond acceptors (Lipinski definition) is 3. The van der Waals surface area contributed by atoms with Crippen molar-refractivity contribution in [2.45, 2.75) is 12.9 Å². The van der Waals surface area contributed by atoms with Crippen LogP contribution in [-0.4, -0.2) is 17.9 Å². The molecule has 1 fully saturated rings. The van der Waals surface area contributed by atoms with E-state index in [0.717, 1.165) is 23.1 Å². The summed E-state index contributed by atoms with van der Waals surface area (Å²) in [5.41, 5.74) is 2.17. The number of epoxide rings is 1. The Kier molecular flexibility index (Phi) is 2.12. The minimum atomic E-state index is 0.0110. The van der Waals surface area contributed by atoms with Crippen LogP contribution < -0.4 is 0 Å². The van der Waals surface area contributed by atoms with Crippen molar-refractivity contribution in [2.75, 3.05) is 6.61 Å². The summed E-state index contributed by atoms with van der Waals surface area (Å²) in [5, 5.41) is 1.15. The maximum absolute atomic E-state index is 5.50. The van der Waals surface area contributed by atoms with Crippen LogP contribution in [0.4, 0.5) is 0 Å². The highest BCUT2D eigenvalue weighted by Crippen LogP contribution is 2.19. The Morgan fingerprint density at radius 1 is 1.33 bits per heavy atom. The molecule has 1 saturated heterocycles. The summed E-state index contributed by atoms with van der Waals surface area (Å²) in [7, 11) is 0. The molecule has 3 heteroatoms. The lowest BCUT2D eigenvalue weighted by molar-refractivity contribution is 0.0392. The lowest BCUT2D eigenvalue weighted by Crippen LogP contribution is -1.96. The van der Waals surface area contributed by atoms with E-state index in [2.05, 4.69) is 17.1 Å². The Labute approximate surface area is 87.6 Å². The standard InChI is InChI=1S/C12H11NO2/c1-3-9(7-14-12-8-15-12)10-4-2-6-13-11(10)5-1/h1-6,12H,7-8H2. The van der Waals surface area contributed by atoms with Gasteiger partial charge in [0.15, 0.2) is 6.29 Å². The molecule has 0 amide bonds. The van der Waals surface area contributed by atoms with Crippen LogP contribution in [0.2, 0.25) is 0 Å². The third kappa shape index (κ3) is 1.84. The number of fused-ring (bicyclic) bond motifs is 1. The van der Waals surface area contributed by atoms with Gasteiger partial charge < -0.3 is 9.47 Å². The third-order valence-corrected chi connectivity index (χ3v) is 2.46. The van der Waals surface area contributed by atoms with E-state index in [4.69, 9.17) is 9.47 Å². The van der Waals surface area contributed by atoms with E-state index in [1.165, 1.54) is 0 Å². The van der Waals surface area contributed by atoms with Crippen molar-refractivity contribution in [3.05, 3.63) is 42.1 Å². The normalized spacial score (nSPS) is 19.3. The molecule has 1 aromatic heterocycles. The number of hydrogen-bond donors (Lipinski definition) is 0. The van der Waals surface area contributed by atoms with Crippen LogP contribution in [0.1, 0.15) is 5.56 Å². The van der Waals surface area contributed by atoms with Crippen molar-refractivity contribution < 1.29 is 9.47 Å². The maximum atomic E-state index is 5.50. The first-order chi connectivity index (χ1) is 7.43. The maximum Gasteiger partial charge on any atom is 0.181 e. The van der Waals surface area contributed by atoms with E-state index in [-0.39, 0.29) is 6.29 Å². The Morgan fingerprint density at radius 2 is 2.27 bits per heavy atom. The number of nitrogens with zero attached hydrogens (tertiary/aromatic N) is 1. The van der Waals surface area contributed by atoms with Crippen molar-refractivity contribution in [3.8, 4) is 0 Å². The molecule has 0 aliphatic carbocycles. The second kappa shape index (κ2) is 3.61. The van der Waals surface area contributed by atoms with Crippen molar-refractivity contribution in [2.24, 2.45) is 0 Å². The molecular formula is C12H11NO2. The molecule has 0 bridgehead atoms. The van der Waals surface area contributed by atoms with Crippen LogP contribution in [-0.2, 0) is 16.1 Å². The Morgan fingerprint density at radius 3 is 3.13 bits per heavy atom. The van der Waals surface area contributed by atoms with Crippen molar-refractivity contribution in [1.82, 2.24) is 4.98 Å². The van der Waals surface area contributed by atoms with Crippen LogP contribution in [0, 0.1) is 0 Å². The van der Waals surface area contributed by atoms with Gasteiger partial charge in [-0.3, -0.25) is 4.98 Å². The molecule has 2 heterocycles. The number of pyridine rings is 1. The highest BCUT2D eigenvalue weighted by Gasteiger charge is 2.23. The molecule has 0 radical (unpaired) electrons. The predicted molar refractivity (Wildman–Crippen MR) is 56.3 cm³/mol. The van der Waals surface area contributed by atoms with E-state index < -0.39 is 0 Å². The largest absolute Gasteiger partial charge is 0.346 e. The lowest BCUT2D eigenvalue weighted by atomic mass is 10.1. The van der Waals surface area contributed by atoms with E-state index in [1.54, 1.807) is 6.20 Å². The Hall–Kier alpha value is -1.45. The molecule has 3 rings (SSSR count). The van der Waals surface area contributed by atoms with Gasteiger partial charge in [0, 0.05) is 11.6 Å². The highest BCUT2D eigenvalue weighted by atomic mass is 16.8. The van der Waals surface area contributed by atoms with Crippen LogP contribution in [0.5, 0.6) is 0 Å². The van der Waals surface area contributed by atoms with Crippen LogP contribution >= 0.6 is 0 Å². The minimum Gasteiger partial charge on any atom is -0.346 e. The van der Waals surface area contributed by atoms with Gasteiger partial charge in [-0.25, -0.2) is 0 Å². The molecular weight excluding hydrogens is 190 g/mol. The van der Waals surface area contributed by atoms with Gasteiger partial charge in [-0.2, -0.15) is 0 Å². The SMILES string of the molecule is c1cc(COC2CO2)c2cccnc2c1. The fourth-order valence-corrected chi connectivity index (χ4v) is 1.61.